The third-order valence-corrected chi connectivity index (χ3v) is 9.19. The maximum atomic E-state index is 14.1. The molecule has 7 rings (SSSR count). The number of carbonyl (C=O) groups excluding carboxylic acids is 1. The number of ether oxygens (including phenoxy) is 3. The van der Waals surface area contributed by atoms with E-state index in [0.717, 1.165) is 57.8 Å². The van der Waals surface area contributed by atoms with E-state index in [4.69, 9.17) is 19.9 Å². The van der Waals surface area contributed by atoms with Crippen LogP contribution in [0, 0.1) is 12.7 Å². The maximum Gasteiger partial charge on any atom is 0.272 e. The Hall–Kier alpha value is -5.01. The Bertz CT molecular complexity index is 1960. The van der Waals surface area contributed by atoms with Gasteiger partial charge in [0, 0.05) is 43.1 Å². The highest BCUT2D eigenvalue weighted by molar-refractivity contribution is 6.12. The fourth-order valence-electron chi connectivity index (χ4n) is 6.65. The van der Waals surface area contributed by atoms with Crippen LogP contribution >= 0.6 is 0 Å². The van der Waals surface area contributed by atoms with E-state index >= 15 is 0 Å². The zero-order valence-corrected chi connectivity index (χ0v) is 27.0. The van der Waals surface area contributed by atoms with Crippen molar-refractivity contribution >= 4 is 28.2 Å². The lowest BCUT2D eigenvalue weighted by Crippen LogP contribution is -2.49. The predicted molar refractivity (Wildman–Crippen MR) is 180 cm³/mol. The van der Waals surface area contributed by atoms with Gasteiger partial charge in [-0.25, -0.2) is 17.9 Å². The molecule has 0 aliphatic carbocycles. The molecular weight excluding hydrogens is 637 g/mol. The van der Waals surface area contributed by atoms with Gasteiger partial charge in [0.15, 0.2) is 11.6 Å². The zero-order chi connectivity index (χ0) is 34.1. The van der Waals surface area contributed by atoms with Gasteiger partial charge in [-0.3, -0.25) is 9.69 Å². The second kappa shape index (κ2) is 13.8. The van der Waals surface area contributed by atoms with Crippen LogP contribution in [0.1, 0.15) is 34.5 Å². The number of nitrogens with zero attached hydrogens (tertiary/aromatic N) is 4. The molecule has 2 aromatic heterocycles. The van der Waals surface area contributed by atoms with Gasteiger partial charge in [-0.2, -0.15) is 5.10 Å². The summed E-state index contributed by atoms with van der Waals surface area (Å²) in [5, 5.41) is 5.04. The maximum absolute atomic E-state index is 14.1. The second-order valence-corrected chi connectivity index (χ2v) is 12.3. The summed E-state index contributed by atoms with van der Waals surface area (Å²) in [4.78, 5) is 21.6. The van der Waals surface area contributed by atoms with Gasteiger partial charge >= 0.3 is 0 Å². The molecule has 49 heavy (non-hydrogen) atoms. The number of anilines is 2. The van der Waals surface area contributed by atoms with Crippen LogP contribution < -0.4 is 20.1 Å². The normalized spacial score (nSPS) is 16.1. The Morgan fingerprint density at radius 1 is 1.02 bits per heavy atom. The molecule has 0 spiro atoms. The molecule has 10 nitrogen and oxygen atoms in total. The van der Waals surface area contributed by atoms with E-state index in [-0.39, 0.29) is 28.6 Å². The van der Waals surface area contributed by atoms with Gasteiger partial charge in [0.1, 0.15) is 23.9 Å². The molecule has 3 aromatic carbocycles. The highest BCUT2D eigenvalue weighted by Gasteiger charge is 2.28. The minimum atomic E-state index is -2.63. The number of carbonyl (C=O) groups is 1. The van der Waals surface area contributed by atoms with Gasteiger partial charge < -0.3 is 29.8 Å². The number of fused-ring (bicyclic) bond motifs is 1. The lowest BCUT2D eigenvalue weighted by molar-refractivity contribution is 0.0114. The van der Waals surface area contributed by atoms with Gasteiger partial charge in [-0.1, -0.05) is 12.1 Å². The summed E-state index contributed by atoms with van der Waals surface area (Å²) in [6.07, 6.45) is 0.654. The van der Waals surface area contributed by atoms with Crippen molar-refractivity contribution in [3.8, 4) is 22.9 Å². The van der Waals surface area contributed by atoms with E-state index in [2.05, 4.69) is 19.9 Å². The first kappa shape index (κ1) is 32.5. The number of alkyl halides is 2. The Labute approximate surface area is 281 Å². The van der Waals surface area contributed by atoms with Crippen LogP contribution in [0.2, 0.25) is 0 Å². The lowest BCUT2D eigenvalue weighted by Gasteiger charge is -2.41. The molecule has 0 radical (unpaired) electrons. The molecule has 0 saturated carbocycles. The number of rotatable bonds is 10. The molecule has 3 N–H and O–H groups in total. The summed E-state index contributed by atoms with van der Waals surface area (Å²) in [5.41, 5.74) is 9.68. The van der Waals surface area contributed by atoms with Crippen LogP contribution in [0.4, 0.5) is 24.7 Å². The number of H-pyrrole nitrogens is 1. The first-order chi connectivity index (χ1) is 23.7. The average Bonchev–Trinajstić information content (AvgIpc) is 3.71. The first-order valence-electron chi connectivity index (χ1n) is 16.3. The number of aromatic amines is 1. The smallest absolute Gasteiger partial charge is 0.272 e. The quantitative estimate of drug-likeness (QED) is 0.165. The molecule has 0 amide bonds. The number of aryl methyl sites for hydroxylation is 1. The molecule has 0 atom stereocenters. The molecule has 5 aromatic rings. The van der Waals surface area contributed by atoms with Gasteiger partial charge in [-0.15, -0.1) is 0 Å². The highest BCUT2D eigenvalue weighted by atomic mass is 19.3. The molecule has 13 heteroatoms. The third-order valence-electron chi connectivity index (χ3n) is 9.19. The summed E-state index contributed by atoms with van der Waals surface area (Å²) in [5.74, 6) is 0.176. The van der Waals surface area contributed by atoms with E-state index in [0.29, 0.717) is 39.8 Å². The average molecular weight is 675 g/mol. The Morgan fingerprint density at radius 2 is 1.80 bits per heavy atom. The van der Waals surface area contributed by atoms with Gasteiger partial charge in [0.25, 0.3) is 6.43 Å². The van der Waals surface area contributed by atoms with Crippen molar-refractivity contribution in [3.63, 3.8) is 0 Å². The number of hydrogen-bond donors (Lipinski definition) is 2. The van der Waals surface area contributed by atoms with Crippen molar-refractivity contribution in [1.29, 1.82) is 0 Å². The molecule has 0 bridgehead atoms. The Balaban J connectivity index is 1.12. The number of nitrogens with two attached hydrogens (primary N) is 1. The lowest BCUT2D eigenvalue weighted by atomic mass is 10.0. The van der Waals surface area contributed by atoms with Crippen molar-refractivity contribution in [2.45, 2.75) is 32.2 Å². The molecular formula is C36H37F3N6O4. The van der Waals surface area contributed by atoms with Crippen molar-refractivity contribution < 1.29 is 32.2 Å². The summed E-state index contributed by atoms with van der Waals surface area (Å²) < 4.78 is 58.8. The van der Waals surface area contributed by atoms with Crippen LogP contribution in [0.3, 0.4) is 0 Å². The van der Waals surface area contributed by atoms with Crippen LogP contribution in [0.25, 0.3) is 16.6 Å². The van der Waals surface area contributed by atoms with Gasteiger partial charge in [0.05, 0.1) is 42.0 Å². The van der Waals surface area contributed by atoms with Crippen molar-refractivity contribution in [3.05, 3.63) is 89.5 Å². The van der Waals surface area contributed by atoms with Crippen LogP contribution in [0.15, 0.2) is 66.9 Å². The van der Waals surface area contributed by atoms with E-state index in [1.54, 1.807) is 48.5 Å². The molecule has 4 heterocycles. The summed E-state index contributed by atoms with van der Waals surface area (Å²) in [7, 11) is 0. The number of aromatic nitrogens is 3. The molecule has 2 saturated heterocycles. The van der Waals surface area contributed by atoms with Crippen LogP contribution in [-0.4, -0.2) is 83.9 Å². The van der Waals surface area contributed by atoms with Crippen molar-refractivity contribution in [2.75, 3.05) is 56.6 Å². The van der Waals surface area contributed by atoms with Crippen molar-refractivity contribution in [2.24, 2.45) is 0 Å². The molecule has 0 unspecified atom stereocenters. The standard InChI is InChI=1S/C36H37F3N6O4/c1-22-16-25(49-32-5-3-2-4-27(32)37)6-7-30(22)45-36(40)26(20-41-45)35(46)29-17-23-18-33(48-21-34(38)39)31(19-28(23)42-29)44-10-8-24(9-11-44)43-12-14-47-15-13-43/h2-7,16-20,24,34,42H,8-15,21,40H2,1H3. The third kappa shape index (κ3) is 6.81. The Kier molecular flexibility index (Phi) is 9.19. The van der Waals surface area contributed by atoms with Crippen LogP contribution in [-0.2, 0) is 4.74 Å². The first-order valence-corrected chi connectivity index (χ1v) is 16.3. The predicted octanol–water partition coefficient (Wildman–Crippen LogP) is 6.35. The van der Waals surface area contributed by atoms with E-state index in [1.807, 2.05) is 13.0 Å². The molecule has 2 fully saturated rings. The van der Waals surface area contributed by atoms with Gasteiger partial charge in [-0.05, 0) is 73.9 Å². The summed E-state index contributed by atoms with van der Waals surface area (Å²) in [6, 6.07) is 17.0. The van der Waals surface area contributed by atoms with E-state index < -0.39 is 18.8 Å². The second-order valence-electron chi connectivity index (χ2n) is 12.3. The zero-order valence-electron chi connectivity index (χ0n) is 27.0. The number of benzene rings is 3. The minimum absolute atomic E-state index is 0.104. The Morgan fingerprint density at radius 3 is 2.53 bits per heavy atom. The van der Waals surface area contributed by atoms with E-state index in [9.17, 15) is 18.0 Å². The number of hydrogen-bond acceptors (Lipinski definition) is 8. The number of ketones is 1. The van der Waals surface area contributed by atoms with Crippen LogP contribution in [0.5, 0.6) is 17.2 Å². The number of nitrogen functional groups attached to an aromatic ring is 1. The number of morpholine rings is 1. The monoisotopic (exact) mass is 674 g/mol. The number of piperidine rings is 1. The van der Waals surface area contributed by atoms with Crippen molar-refractivity contribution in [1.82, 2.24) is 19.7 Å². The summed E-state index contributed by atoms with van der Waals surface area (Å²) >= 11 is 0. The number of nitrogens with one attached hydrogen (secondary N) is 1. The fraction of sp³-hybridized carbons (Fsp3) is 0.333. The SMILES string of the molecule is Cc1cc(Oc2ccccc2F)ccc1-n1ncc(C(=O)c2cc3cc(OCC(F)F)c(N4CCC(N5CCOCC5)CC4)cc3[nH]2)c1N. The highest BCUT2D eigenvalue weighted by Crippen LogP contribution is 2.37. The molecule has 2 aliphatic heterocycles. The summed E-state index contributed by atoms with van der Waals surface area (Å²) in [6.45, 7) is 5.91. The van der Waals surface area contributed by atoms with Gasteiger partial charge in [0.2, 0.25) is 5.78 Å². The largest absolute Gasteiger partial charge is 0.485 e. The molecule has 256 valence electrons. The number of para-hydroxylation sites is 1. The topological polar surface area (TPSA) is 111 Å². The number of halogens is 3. The molecule has 2 aliphatic rings. The van der Waals surface area contributed by atoms with E-state index in [1.165, 1.54) is 16.9 Å². The minimum Gasteiger partial charge on any atom is -0.485 e. The fourth-order valence-corrected chi connectivity index (χ4v) is 6.65.